The molecule has 43 heavy (non-hydrogen) atoms. The van der Waals surface area contributed by atoms with E-state index in [1.54, 1.807) is 24.3 Å². The minimum atomic E-state index is -0.868. The van der Waals surface area contributed by atoms with Crippen molar-refractivity contribution in [2.24, 2.45) is 11.8 Å². The molecule has 0 radical (unpaired) electrons. The van der Waals surface area contributed by atoms with Gasteiger partial charge in [0, 0.05) is 37.5 Å². The Kier molecular flexibility index (Phi) is 12.0. The first-order chi connectivity index (χ1) is 20.9. The van der Waals surface area contributed by atoms with Crippen LogP contribution >= 0.6 is 0 Å². The number of carboxylic acid groups (broad SMARTS) is 1. The van der Waals surface area contributed by atoms with Gasteiger partial charge in [0.05, 0.1) is 11.1 Å². The van der Waals surface area contributed by atoms with Gasteiger partial charge in [-0.05, 0) is 73.9 Å². The molecule has 5 rings (SSSR count). The van der Waals surface area contributed by atoms with Crippen molar-refractivity contribution in [3.05, 3.63) is 70.8 Å². The minimum Gasteiger partial charge on any atom is -0.478 e. The normalized spacial score (nSPS) is 20.0. The first kappa shape index (κ1) is 31.6. The summed E-state index contributed by atoms with van der Waals surface area (Å²) >= 11 is 0. The fourth-order valence-electron chi connectivity index (χ4n) is 5.37. The maximum atomic E-state index is 12.1. The maximum absolute atomic E-state index is 12.1. The predicted molar refractivity (Wildman–Crippen MR) is 162 cm³/mol. The van der Waals surface area contributed by atoms with Crippen LogP contribution in [0.5, 0.6) is 0 Å². The van der Waals surface area contributed by atoms with Crippen molar-refractivity contribution in [2.75, 3.05) is 0 Å². The van der Waals surface area contributed by atoms with E-state index >= 15 is 0 Å². The van der Waals surface area contributed by atoms with Gasteiger partial charge in [-0.25, -0.2) is 9.59 Å². The van der Waals surface area contributed by atoms with Crippen molar-refractivity contribution in [3.63, 3.8) is 0 Å². The Hall–Kier alpha value is -4.36. The lowest BCUT2D eigenvalue weighted by molar-refractivity contribution is -0.172. The molecule has 2 aromatic carbocycles. The van der Waals surface area contributed by atoms with Crippen LogP contribution in [-0.2, 0) is 27.3 Å². The Labute approximate surface area is 254 Å². The molecule has 1 saturated heterocycles. The van der Waals surface area contributed by atoms with E-state index in [1.165, 1.54) is 44.1 Å². The van der Waals surface area contributed by atoms with Crippen LogP contribution in [0.1, 0.15) is 109 Å². The fraction of sp³-hybridized carbons (Fsp3) is 0.444. The molecule has 224 valence electrons. The molecule has 2 unspecified atom stereocenters. The molecular formula is C36H39NO6. The van der Waals surface area contributed by atoms with Crippen LogP contribution in [0.25, 0.3) is 0 Å². The van der Waals surface area contributed by atoms with Gasteiger partial charge in [0.25, 0.3) is 11.8 Å². The second kappa shape index (κ2) is 16.3. The van der Waals surface area contributed by atoms with Gasteiger partial charge in [0.15, 0.2) is 0 Å². The Morgan fingerprint density at radius 1 is 0.698 bits per heavy atom. The van der Waals surface area contributed by atoms with E-state index in [9.17, 15) is 19.2 Å². The number of nitrogens with zero attached hydrogens (tertiary/aromatic N) is 1. The third-order valence-electron chi connectivity index (χ3n) is 7.86. The number of carboxylic acids is 1. The van der Waals surface area contributed by atoms with E-state index in [0.29, 0.717) is 28.0 Å². The topological polar surface area (TPSA) is 101 Å². The first-order valence-electron chi connectivity index (χ1n) is 15.3. The summed E-state index contributed by atoms with van der Waals surface area (Å²) in [7, 11) is 0. The Balaban J connectivity index is 0.000000208. The molecule has 1 N–H and O–H groups in total. The van der Waals surface area contributed by atoms with E-state index in [2.05, 4.69) is 23.7 Å². The summed E-state index contributed by atoms with van der Waals surface area (Å²) in [6.45, 7) is 0. The number of amides is 2. The van der Waals surface area contributed by atoms with Crippen molar-refractivity contribution in [1.29, 1.82) is 0 Å². The first-order valence-corrected chi connectivity index (χ1v) is 15.3. The highest BCUT2D eigenvalue weighted by Crippen LogP contribution is 2.20. The molecule has 1 heterocycles. The summed E-state index contributed by atoms with van der Waals surface area (Å²) in [4.78, 5) is 50.8. The van der Waals surface area contributed by atoms with Crippen LogP contribution in [0.4, 0.5) is 0 Å². The van der Waals surface area contributed by atoms with Crippen LogP contribution in [0.2, 0.25) is 0 Å². The highest BCUT2D eigenvalue weighted by molar-refractivity contribution is 6.02. The number of carbonyl (C=O) groups is 4. The number of rotatable bonds is 7. The molecule has 2 atom stereocenters. The lowest BCUT2D eigenvalue weighted by Crippen LogP contribution is -2.32. The monoisotopic (exact) mass is 581 g/mol. The summed E-state index contributed by atoms with van der Waals surface area (Å²) < 4.78 is 0. The van der Waals surface area contributed by atoms with Gasteiger partial charge >= 0.3 is 11.9 Å². The molecule has 2 amide bonds. The second-order valence-corrected chi connectivity index (χ2v) is 11.3. The molecule has 0 saturated carbocycles. The van der Waals surface area contributed by atoms with Gasteiger partial charge in [0.2, 0.25) is 0 Å². The largest absolute Gasteiger partial charge is 0.478 e. The number of hydrogen-bond donors (Lipinski definition) is 1. The SMILES string of the molecule is O=C(O)c1ccc(CC2C#CCCCCC2)cc1.O=C(ON1C(=O)CCC1=O)c1ccc(CC2C#CCCCCC2)cc1. The molecule has 2 aliphatic carbocycles. The Morgan fingerprint density at radius 2 is 1.16 bits per heavy atom. The van der Waals surface area contributed by atoms with E-state index in [0.717, 1.165) is 44.1 Å². The van der Waals surface area contributed by atoms with Crippen LogP contribution < -0.4 is 0 Å². The second-order valence-electron chi connectivity index (χ2n) is 11.3. The quantitative estimate of drug-likeness (QED) is 0.294. The Bertz CT molecular complexity index is 1390. The van der Waals surface area contributed by atoms with Crippen molar-refractivity contribution in [3.8, 4) is 23.7 Å². The molecule has 0 bridgehead atoms. The molecule has 1 aliphatic heterocycles. The molecular weight excluding hydrogens is 542 g/mol. The maximum Gasteiger partial charge on any atom is 0.363 e. The summed E-state index contributed by atoms with van der Waals surface area (Å²) in [5.74, 6) is 11.4. The standard InChI is InChI=1S/C20H21NO4.C16H18O2/c22-18-12-13-19(23)21(18)25-20(24)17-10-8-16(9-11-17)14-15-6-4-2-1-3-5-7-15;17-16(18)15-10-8-14(9-11-15)12-13-6-4-2-1-3-5-7-13/h8-11,15H,1-4,6,12-14H2;8-11,13H,1-4,6,12H2,(H,17,18). The lowest BCUT2D eigenvalue weighted by atomic mass is 9.92. The zero-order valence-electron chi connectivity index (χ0n) is 24.6. The van der Waals surface area contributed by atoms with E-state index < -0.39 is 23.8 Å². The van der Waals surface area contributed by atoms with Crippen molar-refractivity contribution in [1.82, 2.24) is 5.06 Å². The number of benzene rings is 2. The van der Waals surface area contributed by atoms with Crippen molar-refractivity contribution >= 4 is 23.8 Å². The number of hydroxylamine groups is 2. The smallest absolute Gasteiger partial charge is 0.363 e. The minimum absolute atomic E-state index is 0.0907. The lowest BCUT2D eigenvalue weighted by Gasteiger charge is -2.14. The number of imide groups is 1. The van der Waals surface area contributed by atoms with E-state index in [1.807, 2.05) is 24.3 Å². The van der Waals surface area contributed by atoms with E-state index in [4.69, 9.17) is 9.94 Å². The van der Waals surface area contributed by atoms with Crippen LogP contribution in [0, 0.1) is 35.5 Å². The van der Waals surface area contributed by atoms with Gasteiger partial charge < -0.3 is 9.94 Å². The molecule has 7 nitrogen and oxygen atoms in total. The highest BCUT2D eigenvalue weighted by atomic mass is 16.7. The van der Waals surface area contributed by atoms with Crippen molar-refractivity contribution in [2.45, 2.75) is 89.9 Å². The molecule has 0 spiro atoms. The summed E-state index contributed by atoms with van der Waals surface area (Å²) in [5, 5.41) is 9.41. The molecule has 0 aromatic heterocycles. The molecule has 7 heteroatoms. The van der Waals surface area contributed by atoms with Gasteiger partial charge in [-0.3, -0.25) is 9.59 Å². The van der Waals surface area contributed by atoms with Gasteiger partial charge in [0.1, 0.15) is 0 Å². The zero-order valence-corrected chi connectivity index (χ0v) is 24.6. The Morgan fingerprint density at radius 3 is 1.63 bits per heavy atom. The van der Waals surface area contributed by atoms with Crippen LogP contribution in [0.3, 0.4) is 0 Å². The third-order valence-corrected chi connectivity index (χ3v) is 7.86. The summed E-state index contributed by atoms with van der Waals surface area (Å²) in [6.07, 6.45) is 13.7. The highest BCUT2D eigenvalue weighted by Gasteiger charge is 2.33. The number of hydrogen-bond acceptors (Lipinski definition) is 5. The zero-order chi connectivity index (χ0) is 30.4. The number of aromatic carboxylic acids is 1. The average Bonchev–Trinajstić information content (AvgIpc) is 3.29. The van der Waals surface area contributed by atoms with Crippen LogP contribution in [0.15, 0.2) is 48.5 Å². The van der Waals surface area contributed by atoms with Gasteiger partial charge in [-0.2, -0.15) is 0 Å². The summed E-state index contributed by atoms with van der Waals surface area (Å²) in [5.41, 5.74) is 2.96. The van der Waals surface area contributed by atoms with Gasteiger partial charge in [-0.1, -0.05) is 61.8 Å². The average molecular weight is 582 g/mol. The predicted octanol–water partition coefficient (Wildman–Crippen LogP) is 6.54. The summed E-state index contributed by atoms with van der Waals surface area (Å²) in [6, 6.07) is 14.3. The van der Waals surface area contributed by atoms with Crippen LogP contribution in [-0.4, -0.2) is 33.9 Å². The third kappa shape index (κ3) is 10.1. The molecule has 2 aromatic rings. The number of carbonyl (C=O) groups excluding carboxylic acids is 3. The van der Waals surface area contributed by atoms with Gasteiger partial charge in [-0.15, -0.1) is 16.9 Å². The fourth-order valence-corrected chi connectivity index (χ4v) is 5.37. The van der Waals surface area contributed by atoms with E-state index in [-0.39, 0.29) is 12.8 Å². The van der Waals surface area contributed by atoms with Crippen molar-refractivity contribution < 1.29 is 29.1 Å². The molecule has 1 fully saturated rings. The molecule has 3 aliphatic rings.